The first-order valence-electron chi connectivity index (χ1n) is 9.90. The predicted molar refractivity (Wildman–Crippen MR) is 109 cm³/mol. The summed E-state index contributed by atoms with van der Waals surface area (Å²) in [6.07, 6.45) is -1.05. The third-order valence-corrected chi connectivity index (χ3v) is 4.36. The van der Waals surface area contributed by atoms with Gasteiger partial charge in [-0.3, -0.25) is 19.8 Å². The van der Waals surface area contributed by atoms with Crippen molar-refractivity contribution < 1.29 is 33.4 Å². The first-order chi connectivity index (χ1) is 14.6. The molecule has 1 atom stereocenters. The Morgan fingerprint density at radius 1 is 1.10 bits per heavy atom. The zero-order valence-corrected chi connectivity index (χ0v) is 18.3. The summed E-state index contributed by atoms with van der Waals surface area (Å²) >= 11 is 0. The van der Waals surface area contributed by atoms with Crippen LogP contribution in [0.1, 0.15) is 32.8 Å². The third-order valence-electron chi connectivity index (χ3n) is 4.36. The van der Waals surface area contributed by atoms with E-state index < -0.39 is 35.6 Å². The lowest BCUT2D eigenvalue weighted by molar-refractivity contribution is -0.163. The molecule has 0 radical (unpaired) electrons. The van der Waals surface area contributed by atoms with Gasteiger partial charge in [-0.25, -0.2) is 9.80 Å². The van der Waals surface area contributed by atoms with Crippen LogP contribution < -0.4 is 5.43 Å². The summed E-state index contributed by atoms with van der Waals surface area (Å²) in [5, 5.41) is 1.33. The van der Waals surface area contributed by atoms with Gasteiger partial charge in [0.2, 0.25) is 5.91 Å². The van der Waals surface area contributed by atoms with Crippen molar-refractivity contribution in [1.29, 1.82) is 0 Å². The minimum Gasteiger partial charge on any atom is -0.469 e. The molecule has 1 unspecified atom stereocenters. The lowest BCUT2D eigenvalue weighted by Crippen LogP contribution is -2.63. The standard InChI is InChI=1S/C21H29N3O7/c1-21(2,3)31-18(26)13-23-10-11-24(16(19(23)27)12-17(25)29-4)22-20(28)30-14-15-8-6-5-7-9-15/h5-9,16H,10-14H2,1-4H3,(H,22,28). The van der Waals surface area contributed by atoms with Crippen LogP contribution in [-0.2, 0) is 35.2 Å². The van der Waals surface area contributed by atoms with Gasteiger partial charge in [0, 0.05) is 13.1 Å². The maximum Gasteiger partial charge on any atom is 0.422 e. The van der Waals surface area contributed by atoms with Crippen molar-refractivity contribution in [3.05, 3.63) is 35.9 Å². The molecule has 10 nitrogen and oxygen atoms in total. The Bertz CT molecular complexity index is 792. The maximum atomic E-state index is 12.9. The quantitative estimate of drug-likeness (QED) is 0.503. The van der Waals surface area contributed by atoms with Crippen LogP contribution in [0.2, 0.25) is 0 Å². The second-order valence-corrected chi connectivity index (χ2v) is 8.01. The van der Waals surface area contributed by atoms with Crippen LogP contribution in [0, 0.1) is 0 Å². The summed E-state index contributed by atoms with van der Waals surface area (Å²) < 4.78 is 15.1. The molecular formula is C21H29N3O7. The van der Waals surface area contributed by atoms with E-state index in [2.05, 4.69) is 10.2 Å². The number of amides is 2. The first kappa shape index (κ1) is 24.1. The smallest absolute Gasteiger partial charge is 0.422 e. The number of rotatable bonds is 7. The normalized spacial score (nSPS) is 17.1. The Hall–Kier alpha value is -3.14. The first-order valence-corrected chi connectivity index (χ1v) is 9.90. The third kappa shape index (κ3) is 7.89. The van der Waals surface area contributed by atoms with Crippen molar-refractivity contribution in [2.24, 2.45) is 0 Å². The van der Waals surface area contributed by atoms with Crippen LogP contribution in [0.25, 0.3) is 0 Å². The highest BCUT2D eigenvalue weighted by Crippen LogP contribution is 2.15. The average Bonchev–Trinajstić information content (AvgIpc) is 2.70. The Morgan fingerprint density at radius 2 is 1.77 bits per heavy atom. The van der Waals surface area contributed by atoms with Crippen molar-refractivity contribution >= 4 is 23.9 Å². The van der Waals surface area contributed by atoms with Crippen LogP contribution in [0.15, 0.2) is 30.3 Å². The molecule has 0 aliphatic carbocycles. The zero-order chi connectivity index (χ0) is 23.0. The molecule has 0 aromatic heterocycles. The molecule has 2 rings (SSSR count). The summed E-state index contributed by atoms with van der Waals surface area (Å²) in [5.41, 5.74) is 2.64. The van der Waals surface area contributed by atoms with Gasteiger partial charge in [0.05, 0.1) is 13.5 Å². The number of ether oxygens (including phenoxy) is 3. The lowest BCUT2D eigenvalue weighted by atomic mass is 10.1. The van der Waals surface area contributed by atoms with Crippen molar-refractivity contribution in [3.8, 4) is 0 Å². The average molecular weight is 435 g/mol. The van der Waals surface area contributed by atoms with Crippen molar-refractivity contribution in [2.75, 3.05) is 26.7 Å². The van der Waals surface area contributed by atoms with E-state index in [9.17, 15) is 19.2 Å². The molecule has 1 aliphatic heterocycles. The van der Waals surface area contributed by atoms with Gasteiger partial charge in [-0.15, -0.1) is 0 Å². The van der Waals surface area contributed by atoms with E-state index in [0.717, 1.165) is 5.56 Å². The van der Waals surface area contributed by atoms with Gasteiger partial charge in [-0.2, -0.15) is 0 Å². The van der Waals surface area contributed by atoms with E-state index in [-0.39, 0.29) is 32.7 Å². The van der Waals surface area contributed by atoms with E-state index in [1.807, 2.05) is 30.3 Å². The Kier molecular flexibility index (Phi) is 8.38. The number of esters is 2. The number of nitrogens with zero attached hydrogens (tertiary/aromatic N) is 2. The maximum absolute atomic E-state index is 12.9. The van der Waals surface area contributed by atoms with Crippen molar-refractivity contribution in [3.63, 3.8) is 0 Å². The van der Waals surface area contributed by atoms with E-state index in [1.54, 1.807) is 20.8 Å². The Labute approximate surface area is 181 Å². The predicted octanol–water partition coefficient (Wildman–Crippen LogP) is 1.25. The molecule has 0 bridgehead atoms. The Morgan fingerprint density at radius 3 is 2.39 bits per heavy atom. The fraction of sp³-hybridized carbons (Fsp3) is 0.524. The SMILES string of the molecule is COC(=O)CC1C(=O)N(CC(=O)OC(C)(C)C)CCN1NC(=O)OCc1ccccc1. The summed E-state index contributed by atoms with van der Waals surface area (Å²) in [4.78, 5) is 50.4. The summed E-state index contributed by atoms with van der Waals surface area (Å²) in [6.45, 7) is 5.35. The van der Waals surface area contributed by atoms with Gasteiger partial charge in [0.1, 0.15) is 24.8 Å². The fourth-order valence-corrected chi connectivity index (χ4v) is 2.97. The Balaban J connectivity index is 2.00. The van der Waals surface area contributed by atoms with Gasteiger partial charge in [-0.05, 0) is 26.3 Å². The molecule has 1 aromatic rings. The number of hydrogen-bond donors (Lipinski definition) is 1. The van der Waals surface area contributed by atoms with Crippen LogP contribution in [0.3, 0.4) is 0 Å². The van der Waals surface area contributed by atoms with Gasteiger partial charge < -0.3 is 19.1 Å². The van der Waals surface area contributed by atoms with Crippen molar-refractivity contribution in [2.45, 2.75) is 45.4 Å². The van der Waals surface area contributed by atoms with E-state index in [0.29, 0.717) is 0 Å². The second-order valence-electron chi connectivity index (χ2n) is 8.01. The highest BCUT2D eigenvalue weighted by Gasteiger charge is 2.39. The summed E-state index contributed by atoms with van der Waals surface area (Å²) in [5.74, 6) is -1.67. The number of hydrogen-bond acceptors (Lipinski definition) is 8. The van der Waals surface area contributed by atoms with Gasteiger partial charge in [-0.1, -0.05) is 30.3 Å². The largest absolute Gasteiger partial charge is 0.469 e. The minimum absolute atomic E-state index is 0.0564. The molecule has 1 aliphatic rings. The molecule has 1 fully saturated rings. The van der Waals surface area contributed by atoms with Gasteiger partial charge in [0.25, 0.3) is 0 Å². The molecule has 0 spiro atoms. The van der Waals surface area contributed by atoms with E-state index >= 15 is 0 Å². The highest BCUT2D eigenvalue weighted by molar-refractivity contribution is 5.90. The van der Waals surface area contributed by atoms with Crippen LogP contribution in [0.4, 0.5) is 4.79 Å². The minimum atomic E-state index is -1.03. The molecule has 1 N–H and O–H groups in total. The van der Waals surface area contributed by atoms with Crippen molar-refractivity contribution in [1.82, 2.24) is 15.3 Å². The topological polar surface area (TPSA) is 114 Å². The zero-order valence-electron chi connectivity index (χ0n) is 18.3. The molecule has 1 saturated heterocycles. The molecule has 2 amide bonds. The summed E-state index contributed by atoms with van der Waals surface area (Å²) in [6, 6.07) is 8.09. The lowest BCUT2D eigenvalue weighted by Gasteiger charge is -2.39. The molecule has 10 heteroatoms. The number of hydrazine groups is 1. The number of piperazine rings is 1. The van der Waals surface area contributed by atoms with Crippen LogP contribution in [0.5, 0.6) is 0 Å². The van der Waals surface area contributed by atoms with Crippen LogP contribution in [-0.4, -0.2) is 72.2 Å². The number of methoxy groups -OCH3 is 1. The monoisotopic (exact) mass is 435 g/mol. The molecule has 1 heterocycles. The fourth-order valence-electron chi connectivity index (χ4n) is 2.97. The molecule has 1 aromatic carbocycles. The molecule has 0 saturated carbocycles. The molecular weight excluding hydrogens is 406 g/mol. The highest BCUT2D eigenvalue weighted by atomic mass is 16.6. The number of carbonyl (C=O) groups is 4. The van der Waals surface area contributed by atoms with Gasteiger partial charge >= 0.3 is 18.0 Å². The number of nitrogens with one attached hydrogen (secondary N) is 1. The number of benzene rings is 1. The summed E-state index contributed by atoms with van der Waals surface area (Å²) in [7, 11) is 1.21. The second kappa shape index (κ2) is 10.8. The van der Waals surface area contributed by atoms with Gasteiger partial charge in [0.15, 0.2) is 0 Å². The molecule has 170 valence electrons. The number of carbonyl (C=O) groups excluding carboxylic acids is 4. The molecule has 31 heavy (non-hydrogen) atoms. The van der Waals surface area contributed by atoms with E-state index in [1.165, 1.54) is 17.0 Å². The van der Waals surface area contributed by atoms with Crippen LogP contribution >= 0.6 is 0 Å². The van der Waals surface area contributed by atoms with E-state index in [4.69, 9.17) is 9.47 Å².